The van der Waals surface area contributed by atoms with Crippen LogP contribution in [0.4, 0.5) is 0 Å². The van der Waals surface area contributed by atoms with Crippen LogP contribution in [0.1, 0.15) is 12.7 Å². The molecule has 0 saturated carbocycles. The van der Waals surface area contributed by atoms with Crippen molar-refractivity contribution in [3.63, 3.8) is 0 Å². The first-order chi connectivity index (χ1) is 18.6. The highest BCUT2D eigenvalue weighted by molar-refractivity contribution is 5.88. The molecule has 8 heteroatoms. The number of furan rings is 2. The molecule has 0 bridgehead atoms. The van der Waals surface area contributed by atoms with Crippen LogP contribution in [-0.4, -0.2) is 29.6 Å². The molecule has 0 amide bonds. The van der Waals surface area contributed by atoms with Crippen LogP contribution in [0.3, 0.4) is 0 Å². The van der Waals surface area contributed by atoms with Gasteiger partial charge in [-0.2, -0.15) is 9.78 Å². The number of aromatic nitrogens is 2. The number of nitrogens with zero attached hydrogens (tertiary/aromatic N) is 3. The fourth-order valence-electron chi connectivity index (χ4n) is 4.29. The van der Waals surface area contributed by atoms with E-state index in [2.05, 4.69) is 5.10 Å². The van der Waals surface area contributed by atoms with E-state index in [9.17, 15) is 4.79 Å². The molecule has 38 heavy (non-hydrogen) atoms. The summed E-state index contributed by atoms with van der Waals surface area (Å²) in [5.74, 6) is 3.26. The summed E-state index contributed by atoms with van der Waals surface area (Å²) < 4.78 is 24.2. The average molecular weight is 506 g/mol. The Morgan fingerprint density at radius 1 is 0.921 bits per heavy atom. The predicted octanol–water partition coefficient (Wildman–Crippen LogP) is 6.36. The maximum absolute atomic E-state index is 13.5. The maximum Gasteiger partial charge on any atom is 0.282 e. The van der Waals surface area contributed by atoms with Crippen LogP contribution in [0, 0.1) is 0 Å². The van der Waals surface area contributed by atoms with Gasteiger partial charge in [0.1, 0.15) is 28.6 Å². The summed E-state index contributed by atoms with van der Waals surface area (Å²) >= 11 is 0. The summed E-state index contributed by atoms with van der Waals surface area (Å²) in [6.45, 7) is 2.55. The number of methoxy groups -OCH3 is 1. The third-order valence-electron chi connectivity index (χ3n) is 6.09. The molecule has 0 aliphatic heterocycles. The normalized spacial score (nSPS) is 11.5. The summed E-state index contributed by atoms with van der Waals surface area (Å²) in [4.78, 5) is 18.2. The molecule has 0 aliphatic rings. The first kappa shape index (κ1) is 23.3. The predicted molar refractivity (Wildman–Crippen MR) is 146 cm³/mol. The fraction of sp³-hybridized carbons (Fsp3) is 0.100. The van der Waals surface area contributed by atoms with Crippen LogP contribution in [0.15, 0.2) is 104 Å². The lowest BCUT2D eigenvalue weighted by molar-refractivity contribution is 0.340. The van der Waals surface area contributed by atoms with E-state index in [-0.39, 0.29) is 11.4 Å². The van der Waals surface area contributed by atoms with Crippen molar-refractivity contribution < 1.29 is 18.3 Å². The zero-order valence-corrected chi connectivity index (χ0v) is 20.8. The number of hydrogen-bond acceptors (Lipinski definition) is 7. The fourth-order valence-corrected chi connectivity index (χ4v) is 4.29. The quantitative estimate of drug-likeness (QED) is 0.235. The van der Waals surface area contributed by atoms with E-state index in [1.165, 1.54) is 10.9 Å². The van der Waals surface area contributed by atoms with Crippen LogP contribution < -0.4 is 15.0 Å². The van der Waals surface area contributed by atoms with E-state index in [1.807, 2.05) is 61.5 Å². The molecule has 0 atom stereocenters. The Balaban J connectivity index is 1.42. The van der Waals surface area contributed by atoms with Crippen molar-refractivity contribution in [2.24, 2.45) is 5.10 Å². The van der Waals surface area contributed by atoms with Gasteiger partial charge in [-0.15, -0.1) is 0 Å². The lowest BCUT2D eigenvalue weighted by atomic mass is 10.2. The van der Waals surface area contributed by atoms with Gasteiger partial charge in [-0.1, -0.05) is 18.2 Å². The second-order valence-corrected chi connectivity index (χ2v) is 8.46. The van der Waals surface area contributed by atoms with Crippen LogP contribution in [0.2, 0.25) is 0 Å². The topological polar surface area (TPSA) is 92.0 Å². The van der Waals surface area contributed by atoms with Gasteiger partial charge in [0.2, 0.25) is 5.82 Å². The minimum absolute atomic E-state index is 0.265. The molecule has 0 N–H and O–H groups in total. The van der Waals surface area contributed by atoms with E-state index in [1.54, 1.807) is 37.4 Å². The highest BCUT2D eigenvalue weighted by Crippen LogP contribution is 2.33. The lowest BCUT2D eigenvalue weighted by Gasteiger charge is -2.06. The number of ether oxygens (including phenoxy) is 2. The van der Waals surface area contributed by atoms with Crippen molar-refractivity contribution in [1.82, 2.24) is 9.66 Å². The molecular weight excluding hydrogens is 482 g/mol. The Morgan fingerprint density at radius 3 is 2.58 bits per heavy atom. The number of hydrogen-bond donors (Lipinski definition) is 0. The van der Waals surface area contributed by atoms with E-state index in [4.69, 9.17) is 23.3 Å². The molecule has 0 fully saturated rings. The molecule has 188 valence electrons. The van der Waals surface area contributed by atoms with Crippen LogP contribution in [0.5, 0.6) is 11.5 Å². The molecule has 0 aliphatic carbocycles. The Hall–Kier alpha value is -5.11. The Kier molecular flexibility index (Phi) is 5.97. The highest BCUT2D eigenvalue weighted by Gasteiger charge is 2.18. The molecule has 3 aromatic carbocycles. The first-order valence-electron chi connectivity index (χ1n) is 12.1. The van der Waals surface area contributed by atoms with Gasteiger partial charge >= 0.3 is 0 Å². The van der Waals surface area contributed by atoms with Crippen molar-refractivity contribution in [2.75, 3.05) is 13.7 Å². The molecule has 0 radical (unpaired) electrons. The average Bonchev–Trinajstić information content (AvgIpc) is 3.60. The smallest absolute Gasteiger partial charge is 0.282 e. The van der Waals surface area contributed by atoms with Gasteiger partial charge in [-0.3, -0.25) is 4.79 Å². The number of benzene rings is 3. The van der Waals surface area contributed by atoms with E-state index in [0.717, 1.165) is 16.7 Å². The van der Waals surface area contributed by atoms with Crippen LogP contribution in [-0.2, 0) is 0 Å². The van der Waals surface area contributed by atoms with Gasteiger partial charge in [0.25, 0.3) is 5.56 Å². The lowest BCUT2D eigenvalue weighted by Crippen LogP contribution is -2.20. The van der Waals surface area contributed by atoms with Crippen LogP contribution in [0.25, 0.3) is 44.8 Å². The maximum atomic E-state index is 13.5. The molecule has 3 heterocycles. The Bertz CT molecular complexity index is 1840. The standard InChI is InChI=1S/C30H23N3O5/c1-3-36-20-13-11-19(12-14-20)25-16-15-21(37-25)18-31-33-29(32-24-8-5-4-7-22(24)30(33)34)28-17-23-26(35-2)9-6-10-27(23)38-28/h4-18H,3H2,1-2H3. The molecule has 6 rings (SSSR count). The molecule has 8 nitrogen and oxygen atoms in total. The summed E-state index contributed by atoms with van der Waals surface area (Å²) in [6.07, 6.45) is 1.49. The van der Waals surface area contributed by atoms with Crippen molar-refractivity contribution in [1.29, 1.82) is 0 Å². The third-order valence-corrected chi connectivity index (χ3v) is 6.09. The van der Waals surface area contributed by atoms with Gasteiger partial charge in [0, 0.05) is 5.56 Å². The number of fused-ring (bicyclic) bond motifs is 2. The van der Waals surface area contributed by atoms with Gasteiger partial charge in [0.05, 0.1) is 36.2 Å². The van der Waals surface area contributed by atoms with E-state index < -0.39 is 0 Å². The zero-order valence-electron chi connectivity index (χ0n) is 20.8. The Morgan fingerprint density at radius 2 is 1.76 bits per heavy atom. The van der Waals surface area contributed by atoms with Gasteiger partial charge in [-0.25, -0.2) is 4.98 Å². The minimum atomic E-state index is -0.326. The molecule has 0 unspecified atom stereocenters. The van der Waals surface area contributed by atoms with E-state index >= 15 is 0 Å². The van der Waals surface area contributed by atoms with Crippen molar-refractivity contribution >= 4 is 28.1 Å². The van der Waals surface area contributed by atoms with Crippen molar-refractivity contribution in [3.8, 4) is 34.4 Å². The molecule has 0 spiro atoms. The van der Waals surface area contributed by atoms with Gasteiger partial charge < -0.3 is 18.3 Å². The summed E-state index contributed by atoms with van der Waals surface area (Å²) in [7, 11) is 1.60. The van der Waals surface area contributed by atoms with E-state index in [0.29, 0.717) is 46.1 Å². The second-order valence-electron chi connectivity index (χ2n) is 8.46. The SMILES string of the molecule is CCOc1ccc(-c2ccc(C=Nn3c(-c4cc5c(OC)cccc5o4)nc4ccccc4c3=O)o2)cc1. The monoisotopic (exact) mass is 505 g/mol. The molecular formula is C30H23N3O5. The number of para-hydroxylation sites is 1. The number of rotatable bonds is 7. The minimum Gasteiger partial charge on any atom is -0.496 e. The Labute approximate surface area is 217 Å². The van der Waals surface area contributed by atoms with Crippen molar-refractivity contribution in [3.05, 3.63) is 101 Å². The second kappa shape index (κ2) is 9.74. The zero-order chi connectivity index (χ0) is 26.1. The third kappa shape index (κ3) is 4.22. The largest absolute Gasteiger partial charge is 0.496 e. The molecule has 0 saturated heterocycles. The highest BCUT2D eigenvalue weighted by atomic mass is 16.5. The summed E-state index contributed by atoms with van der Waals surface area (Å²) in [5, 5.41) is 5.69. The summed E-state index contributed by atoms with van der Waals surface area (Å²) in [5.41, 5.74) is 1.73. The van der Waals surface area contributed by atoms with Gasteiger partial charge in [-0.05, 0) is 73.7 Å². The summed E-state index contributed by atoms with van der Waals surface area (Å²) in [6, 6.07) is 25.7. The molecule has 3 aromatic heterocycles. The van der Waals surface area contributed by atoms with Crippen molar-refractivity contribution in [2.45, 2.75) is 6.92 Å². The van der Waals surface area contributed by atoms with Crippen LogP contribution >= 0.6 is 0 Å². The first-order valence-corrected chi connectivity index (χ1v) is 12.1. The van der Waals surface area contributed by atoms with Gasteiger partial charge in [0.15, 0.2) is 5.76 Å². The molecule has 6 aromatic rings.